The van der Waals surface area contributed by atoms with Crippen molar-refractivity contribution in [3.63, 3.8) is 0 Å². The van der Waals surface area contributed by atoms with E-state index in [1.165, 1.54) is 5.32 Å². The molecule has 1 aliphatic rings. The van der Waals surface area contributed by atoms with Gasteiger partial charge in [-0.1, -0.05) is 42.5 Å². The molecule has 1 aliphatic heterocycles. The lowest BCUT2D eigenvalue weighted by atomic mass is 9.98. The third kappa shape index (κ3) is 6.76. The van der Waals surface area contributed by atoms with Crippen molar-refractivity contribution < 1.29 is 46.2 Å². The second-order valence-corrected chi connectivity index (χ2v) is 7.56. The van der Waals surface area contributed by atoms with Crippen LogP contribution in [0.2, 0.25) is 0 Å². The molecular formula is C23H24F5N3O5. The minimum atomic E-state index is -5.80. The van der Waals surface area contributed by atoms with E-state index in [4.69, 9.17) is 0 Å². The Balaban J connectivity index is 0.000000256. The van der Waals surface area contributed by atoms with Gasteiger partial charge in [0.15, 0.2) is 0 Å². The summed E-state index contributed by atoms with van der Waals surface area (Å²) in [7, 11) is 0.872. The van der Waals surface area contributed by atoms with Crippen molar-refractivity contribution in [1.82, 2.24) is 5.32 Å². The maximum Gasteiger partial charge on any atom is 0.455 e. The molecule has 196 valence electrons. The Labute approximate surface area is 202 Å². The van der Waals surface area contributed by atoms with Crippen molar-refractivity contribution in [3.8, 4) is 11.1 Å². The van der Waals surface area contributed by atoms with Gasteiger partial charge in [-0.25, -0.2) is 0 Å². The van der Waals surface area contributed by atoms with E-state index in [0.29, 0.717) is 13.0 Å². The van der Waals surface area contributed by atoms with E-state index in [1.807, 2.05) is 48.5 Å². The average molecular weight is 517 g/mol. The smallest absolute Gasteiger partial charge is 0.395 e. The van der Waals surface area contributed by atoms with E-state index in [2.05, 4.69) is 10.5 Å². The van der Waals surface area contributed by atoms with Gasteiger partial charge in [-0.05, 0) is 17.2 Å². The highest BCUT2D eigenvalue weighted by Crippen LogP contribution is 2.36. The van der Waals surface area contributed by atoms with E-state index in [-0.39, 0.29) is 12.5 Å². The summed E-state index contributed by atoms with van der Waals surface area (Å²) in [5.74, 6) is -7.84. The van der Waals surface area contributed by atoms with Crippen molar-refractivity contribution >= 4 is 23.4 Å². The van der Waals surface area contributed by atoms with Gasteiger partial charge in [0.2, 0.25) is 12.0 Å². The number of nitrogens with zero attached hydrogens (tertiary/aromatic N) is 1. The number of aliphatic hydroxyl groups excluding tert-OH is 1. The molecule has 3 amide bonds. The fraction of sp³-hybridized carbons (Fsp3) is 0.348. The molecule has 0 bridgehead atoms. The van der Waals surface area contributed by atoms with Crippen LogP contribution in [0.3, 0.4) is 0 Å². The Kier molecular flexibility index (Phi) is 9.48. The number of nitrogens with one attached hydrogen (secondary N) is 1. The summed E-state index contributed by atoms with van der Waals surface area (Å²) in [6.45, 7) is -1.69. The molecule has 3 rings (SSSR count). The Morgan fingerprint density at radius 2 is 1.67 bits per heavy atom. The molecule has 8 nitrogen and oxygen atoms in total. The predicted octanol–water partition coefficient (Wildman–Crippen LogP) is 2.04. The number of hydrogen-bond acceptors (Lipinski definition) is 5. The lowest BCUT2D eigenvalue weighted by Gasteiger charge is -2.21. The summed E-state index contributed by atoms with van der Waals surface area (Å²) in [6, 6.07) is 15.8. The summed E-state index contributed by atoms with van der Waals surface area (Å²) >= 11 is 0. The van der Waals surface area contributed by atoms with Gasteiger partial charge in [-0.2, -0.15) is 22.0 Å². The first-order valence-electron chi connectivity index (χ1n) is 10.5. The number of alkyl halides is 5. The molecule has 13 heteroatoms. The molecule has 0 aromatic heterocycles. The fourth-order valence-electron chi connectivity index (χ4n) is 3.36. The van der Waals surface area contributed by atoms with Gasteiger partial charge in [-0.15, -0.1) is 0 Å². The largest absolute Gasteiger partial charge is 0.455 e. The van der Waals surface area contributed by atoms with Crippen LogP contribution in [0.25, 0.3) is 11.1 Å². The molecule has 1 atom stereocenters. The van der Waals surface area contributed by atoms with E-state index in [9.17, 15) is 41.4 Å². The van der Waals surface area contributed by atoms with Gasteiger partial charge in [0.05, 0.1) is 25.3 Å². The van der Waals surface area contributed by atoms with E-state index in [0.717, 1.165) is 29.5 Å². The summed E-state index contributed by atoms with van der Waals surface area (Å²) in [5, 5.41) is 10.4. The number of carbonyl (C=O) groups excluding carboxylic acids is 3. The molecule has 0 saturated heterocycles. The summed E-state index contributed by atoms with van der Waals surface area (Å²) in [4.78, 5) is 35.5. The highest BCUT2D eigenvalue weighted by Gasteiger charge is 2.57. The number of halogens is 5. The number of benzene rings is 2. The number of carbonyl (C=O) groups is 3. The highest BCUT2D eigenvalue weighted by molar-refractivity contribution is 6.03. The van der Waals surface area contributed by atoms with Crippen LogP contribution < -0.4 is 16.0 Å². The third-order valence-corrected chi connectivity index (χ3v) is 5.10. The fourth-order valence-corrected chi connectivity index (χ4v) is 3.36. The van der Waals surface area contributed by atoms with Crippen LogP contribution in [0.15, 0.2) is 48.5 Å². The molecule has 36 heavy (non-hydrogen) atoms. The van der Waals surface area contributed by atoms with Gasteiger partial charge < -0.3 is 25.8 Å². The quantitative estimate of drug-likeness (QED) is 0.383. The van der Waals surface area contributed by atoms with Crippen molar-refractivity contribution in [1.29, 1.82) is 0 Å². The number of fused-ring (bicyclic) bond motifs is 3. The minimum Gasteiger partial charge on any atom is -0.395 e. The van der Waals surface area contributed by atoms with Crippen LogP contribution in [0.5, 0.6) is 0 Å². The molecule has 2 aromatic rings. The Bertz CT molecular complexity index is 1090. The zero-order valence-electron chi connectivity index (χ0n) is 19.0. The zero-order chi connectivity index (χ0) is 27.1. The topological polar surface area (TPSA) is 122 Å². The molecule has 0 fully saturated rings. The molecular weight excluding hydrogens is 493 g/mol. The normalized spacial score (nSPS) is 14.0. The number of aliphatic hydroxyl groups is 1. The van der Waals surface area contributed by atoms with Gasteiger partial charge >= 0.3 is 12.1 Å². The minimum absolute atomic E-state index is 0.0313. The molecule has 0 radical (unpaired) electrons. The second kappa shape index (κ2) is 11.9. The number of primary amides is 1. The van der Waals surface area contributed by atoms with Crippen molar-refractivity contribution in [2.75, 3.05) is 31.7 Å². The zero-order valence-corrected chi connectivity index (χ0v) is 19.0. The van der Waals surface area contributed by atoms with Gasteiger partial charge in [0.1, 0.15) is 0 Å². The van der Waals surface area contributed by atoms with Gasteiger partial charge in [-0.3, -0.25) is 14.4 Å². The summed E-state index contributed by atoms with van der Waals surface area (Å²) in [6.07, 6.45) is -7.33. The number of hydrogen-bond donors (Lipinski definition) is 3. The standard InChI is InChI=1S/C16H15NO2.C7H9F5N2O3/c18-10-9-17-15-8-4-3-7-14(15)13-6-2-1-5-12(13)11-16(17)19;1-17-3(4(13)15)5(16)14-2-6(8,9)7(10,11)12/h1-8,18H,9-11H2;3H,2H2,1H3,(H2,13,15)(H,14,16). The van der Waals surface area contributed by atoms with Crippen molar-refractivity contribution in [2.24, 2.45) is 5.73 Å². The highest BCUT2D eigenvalue weighted by atomic mass is 19.4. The number of para-hydroxylation sites is 1. The van der Waals surface area contributed by atoms with Crippen molar-refractivity contribution in [3.05, 3.63) is 54.1 Å². The van der Waals surface area contributed by atoms with E-state index >= 15 is 0 Å². The Morgan fingerprint density at radius 3 is 2.22 bits per heavy atom. The number of rotatable bonds is 7. The summed E-state index contributed by atoms with van der Waals surface area (Å²) < 4.78 is 64.0. The second-order valence-electron chi connectivity index (χ2n) is 7.56. The van der Waals surface area contributed by atoms with Crippen molar-refractivity contribution in [2.45, 2.75) is 24.6 Å². The number of nitrogens with two attached hydrogens (primary N) is 1. The SMILES string of the molecule is COC(C(N)=O)C(=O)NCC(F)(F)C(F)(F)F.O=C1Cc2ccccc2-c2ccccc2N1CCO. The number of methoxy groups -OCH3 is 1. The number of β-amino-alcohol motifs (C(OH)–C–C–N with tert-alkyl or cyclic N) is 1. The van der Waals surface area contributed by atoms with Crippen LogP contribution in [-0.2, 0) is 25.5 Å². The molecule has 1 unspecified atom stereocenters. The monoisotopic (exact) mass is 517 g/mol. The van der Waals surface area contributed by atoms with E-state index in [1.54, 1.807) is 4.90 Å². The molecule has 0 saturated carbocycles. The third-order valence-electron chi connectivity index (χ3n) is 5.10. The first-order chi connectivity index (χ1) is 16.8. The maximum atomic E-state index is 12.4. The molecule has 1 heterocycles. The average Bonchev–Trinajstić information content (AvgIpc) is 2.92. The Morgan fingerprint density at radius 1 is 1.08 bits per heavy atom. The van der Waals surface area contributed by atoms with Gasteiger partial charge in [0.25, 0.3) is 11.8 Å². The van der Waals surface area contributed by atoms with Crippen LogP contribution in [0, 0.1) is 0 Å². The molecule has 4 N–H and O–H groups in total. The van der Waals surface area contributed by atoms with Crippen LogP contribution in [0.4, 0.5) is 27.6 Å². The number of anilines is 1. The first-order valence-corrected chi connectivity index (χ1v) is 10.5. The predicted molar refractivity (Wildman–Crippen MR) is 119 cm³/mol. The lowest BCUT2D eigenvalue weighted by molar-refractivity contribution is -0.278. The van der Waals surface area contributed by atoms with Crippen LogP contribution >= 0.6 is 0 Å². The molecule has 0 spiro atoms. The van der Waals surface area contributed by atoms with E-state index < -0.39 is 36.6 Å². The molecule has 2 aromatic carbocycles. The van der Waals surface area contributed by atoms with Crippen LogP contribution in [-0.4, -0.2) is 67.8 Å². The summed E-state index contributed by atoms with van der Waals surface area (Å²) in [5.41, 5.74) is 8.72. The van der Waals surface area contributed by atoms with Crippen LogP contribution in [0.1, 0.15) is 5.56 Å². The lowest BCUT2D eigenvalue weighted by Crippen LogP contribution is -2.51. The van der Waals surface area contributed by atoms with Gasteiger partial charge in [0, 0.05) is 19.2 Å². The number of ether oxygens (including phenoxy) is 1. The first kappa shape index (κ1) is 28.7. The maximum absolute atomic E-state index is 12.4. The Hall–Kier alpha value is -3.58. The number of amides is 3. The molecule has 0 aliphatic carbocycles.